The maximum Gasteiger partial charge on any atom is 0.147 e. The van der Waals surface area contributed by atoms with E-state index in [-0.39, 0.29) is 0 Å². The number of nitrogens with zero attached hydrogens (tertiary/aromatic N) is 3. The highest BCUT2D eigenvalue weighted by Gasteiger charge is 2.10. The fourth-order valence-electron chi connectivity index (χ4n) is 2.27. The van der Waals surface area contributed by atoms with Crippen LogP contribution >= 0.6 is 11.3 Å². The summed E-state index contributed by atoms with van der Waals surface area (Å²) in [7, 11) is 0. The summed E-state index contributed by atoms with van der Waals surface area (Å²) in [6.07, 6.45) is 4.01. The zero-order valence-corrected chi connectivity index (χ0v) is 10.5. The lowest BCUT2D eigenvalue weighted by Crippen LogP contribution is -2.29. The third kappa shape index (κ3) is 2.31. The number of rotatable bonds is 2. The molecule has 4 heteroatoms. The van der Waals surface area contributed by atoms with Crippen molar-refractivity contribution in [2.75, 3.05) is 18.0 Å². The van der Waals surface area contributed by atoms with Gasteiger partial charge in [0.2, 0.25) is 0 Å². The Kier molecular flexibility index (Phi) is 3.05. The predicted molar refractivity (Wildman–Crippen MR) is 71.4 cm³/mol. The predicted octanol–water partition coefficient (Wildman–Crippen LogP) is 3.20. The second-order valence-electron chi connectivity index (χ2n) is 4.34. The molecule has 2 aromatic rings. The van der Waals surface area contributed by atoms with Gasteiger partial charge in [0.15, 0.2) is 0 Å². The van der Waals surface area contributed by atoms with Crippen LogP contribution in [0.4, 0.5) is 5.69 Å². The van der Waals surface area contributed by atoms with Crippen LogP contribution in [0.2, 0.25) is 0 Å². The third-order valence-electron chi connectivity index (χ3n) is 3.20. The number of piperidine rings is 1. The van der Waals surface area contributed by atoms with Gasteiger partial charge in [0.25, 0.3) is 0 Å². The molecule has 0 unspecified atom stereocenters. The van der Waals surface area contributed by atoms with E-state index in [4.69, 9.17) is 0 Å². The Morgan fingerprint density at radius 3 is 2.41 bits per heavy atom. The molecule has 1 aliphatic heterocycles. The van der Waals surface area contributed by atoms with Crippen LogP contribution in [0.5, 0.6) is 0 Å². The standard InChI is InChI=1S/C13H15N3S/c1-2-8-16(9-3-1)12-6-4-11(5-7-12)13-15-14-10-17-13/h4-7,10H,1-3,8-9H2. The zero-order valence-electron chi connectivity index (χ0n) is 9.67. The van der Waals surface area contributed by atoms with Crippen LogP contribution in [0.1, 0.15) is 19.3 Å². The van der Waals surface area contributed by atoms with Crippen molar-refractivity contribution < 1.29 is 0 Å². The largest absolute Gasteiger partial charge is 0.372 e. The van der Waals surface area contributed by atoms with E-state index in [1.807, 2.05) is 0 Å². The first-order valence-corrected chi connectivity index (χ1v) is 6.93. The molecule has 1 fully saturated rings. The van der Waals surface area contributed by atoms with Crippen molar-refractivity contribution in [3.8, 4) is 10.6 Å². The smallest absolute Gasteiger partial charge is 0.147 e. The van der Waals surface area contributed by atoms with E-state index in [1.165, 1.54) is 38.0 Å². The van der Waals surface area contributed by atoms with Crippen molar-refractivity contribution in [2.24, 2.45) is 0 Å². The lowest BCUT2D eigenvalue weighted by Gasteiger charge is -2.28. The van der Waals surface area contributed by atoms with Gasteiger partial charge < -0.3 is 4.90 Å². The van der Waals surface area contributed by atoms with Crippen molar-refractivity contribution in [3.05, 3.63) is 29.8 Å². The summed E-state index contributed by atoms with van der Waals surface area (Å²) >= 11 is 1.58. The van der Waals surface area contributed by atoms with E-state index >= 15 is 0 Å². The van der Waals surface area contributed by atoms with Crippen molar-refractivity contribution in [2.45, 2.75) is 19.3 Å². The number of anilines is 1. The molecular formula is C13H15N3S. The number of hydrogen-bond donors (Lipinski definition) is 0. The van der Waals surface area contributed by atoms with Crippen molar-refractivity contribution >= 4 is 17.0 Å². The van der Waals surface area contributed by atoms with Crippen LogP contribution < -0.4 is 4.90 Å². The minimum absolute atomic E-state index is 0.996. The highest BCUT2D eigenvalue weighted by Crippen LogP contribution is 2.25. The summed E-state index contributed by atoms with van der Waals surface area (Å²) in [5.41, 5.74) is 4.26. The first-order chi connectivity index (χ1) is 8.43. The van der Waals surface area contributed by atoms with Crippen molar-refractivity contribution in [1.29, 1.82) is 0 Å². The van der Waals surface area contributed by atoms with E-state index in [1.54, 1.807) is 16.8 Å². The van der Waals surface area contributed by atoms with Gasteiger partial charge >= 0.3 is 0 Å². The van der Waals surface area contributed by atoms with Gasteiger partial charge in [0.05, 0.1) is 0 Å². The first kappa shape index (κ1) is 10.7. The molecule has 0 amide bonds. The molecule has 1 aromatic heterocycles. The maximum atomic E-state index is 4.08. The number of aromatic nitrogens is 2. The molecular weight excluding hydrogens is 230 g/mol. The highest BCUT2D eigenvalue weighted by molar-refractivity contribution is 7.12. The zero-order chi connectivity index (χ0) is 11.5. The quantitative estimate of drug-likeness (QED) is 0.813. The summed E-state index contributed by atoms with van der Waals surface area (Å²) in [6.45, 7) is 2.39. The molecule has 0 bridgehead atoms. The molecule has 0 spiro atoms. The molecule has 0 saturated carbocycles. The van der Waals surface area contributed by atoms with E-state index in [0.717, 1.165) is 10.6 Å². The summed E-state index contributed by atoms with van der Waals surface area (Å²) < 4.78 is 0. The molecule has 1 saturated heterocycles. The Balaban J connectivity index is 1.80. The van der Waals surface area contributed by atoms with Crippen LogP contribution in [0.15, 0.2) is 29.8 Å². The van der Waals surface area contributed by atoms with Gasteiger partial charge in [0, 0.05) is 24.3 Å². The Labute approximate surface area is 105 Å². The first-order valence-electron chi connectivity index (χ1n) is 6.05. The molecule has 0 radical (unpaired) electrons. The van der Waals surface area contributed by atoms with Crippen LogP contribution in [0.3, 0.4) is 0 Å². The van der Waals surface area contributed by atoms with E-state index in [9.17, 15) is 0 Å². The molecule has 0 aliphatic carbocycles. The lowest BCUT2D eigenvalue weighted by atomic mass is 10.1. The van der Waals surface area contributed by atoms with Gasteiger partial charge in [-0.1, -0.05) is 11.3 Å². The summed E-state index contributed by atoms with van der Waals surface area (Å²) in [5, 5.41) is 8.95. The number of benzene rings is 1. The monoisotopic (exact) mass is 245 g/mol. The minimum Gasteiger partial charge on any atom is -0.372 e. The van der Waals surface area contributed by atoms with Gasteiger partial charge in [-0.05, 0) is 43.5 Å². The second-order valence-corrected chi connectivity index (χ2v) is 5.17. The van der Waals surface area contributed by atoms with Gasteiger partial charge in [-0.15, -0.1) is 10.2 Å². The summed E-state index contributed by atoms with van der Waals surface area (Å²) in [5.74, 6) is 0. The second kappa shape index (κ2) is 4.84. The van der Waals surface area contributed by atoms with E-state index in [0.29, 0.717) is 0 Å². The SMILES string of the molecule is c1nnc(-c2ccc(N3CCCCC3)cc2)s1. The molecule has 17 heavy (non-hydrogen) atoms. The maximum absolute atomic E-state index is 4.08. The Morgan fingerprint density at radius 2 is 1.76 bits per heavy atom. The summed E-state index contributed by atoms with van der Waals surface area (Å²) in [4.78, 5) is 2.47. The van der Waals surface area contributed by atoms with Gasteiger partial charge in [0.1, 0.15) is 10.5 Å². The Morgan fingerprint density at radius 1 is 1.00 bits per heavy atom. The van der Waals surface area contributed by atoms with Crippen LogP contribution in [0, 0.1) is 0 Å². The molecule has 3 rings (SSSR count). The van der Waals surface area contributed by atoms with Gasteiger partial charge in [-0.2, -0.15) is 0 Å². The number of hydrogen-bond acceptors (Lipinski definition) is 4. The average molecular weight is 245 g/mol. The summed E-state index contributed by atoms with van der Waals surface area (Å²) in [6, 6.07) is 8.68. The molecule has 1 aromatic carbocycles. The Hall–Kier alpha value is -1.42. The van der Waals surface area contributed by atoms with E-state index in [2.05, 4.69) is 39.4 Å². The molecule has 2 heterocycles. The fraction of sp³-hybridized carbons (Fsp3) is 0.385. The topological polar surface area (TPSA) is 29.0 Å². The lowest BCUT2D eigenvalue weighted by molar-refractivity contribution is 0.578. The minimum atomic E-state index is 0.996. The molecule has 1 aliphatic rings. The van der Waals surface area contributed by atoms with Gasteiger partial charge in [-0.3, -0.25) is 0 Å². The van der Waals surface area contributed by atoms with Crippen molar-refractivity contribution in [1.82, 2.24) is 10.2 Å². The Bertz CT molecular complexity index is 458. The molecule has 3 nitrogen and oxygen atoms in total. The molecule has 0 N–H and O–H groups in total. The van der Waals surface area contributed by atoms with E-state index < -0.39 is 0 Å². The fourth-order valence-corrected chi connectivity index (χ4v) is 2.83. The highest BCUT2D eigenvalue weighted by atomic mass is 32.1. The van der Waals surface area contributed by atoms with Crippen LogP contribution in [0.25, 0.3) is 10.6 Å². The average Bonchev–Trinajstić information content (AvgIpc) is 2.94. The van der Waals surface area contributed by atoms with Crippen LogP contribution in [-0.4, -0.2) is 23.3 Å². The molecule has 0 atom stereocenters. The molecule has 88 valence electrons. The normalized spacial score (nSPS) is 16.1. The third-order valence-corrected chi connectivity index (χ3v) is 3.94. The van der Waals surface area contributed by atoms with Gasteiger partial charge in [-0.25, -0.2) is 0 Å². The van der Waals surface area contributed by atoms with Crippen molar-refractivity contribution in [3.63, 3.8) is 0 Å². The van der Waals surface area contributed by atoms with Crippen LogP contribution in [-0.2, 0) is 0 Å².